The summed E-state index contributed by atoms with van der Waals surface area (Å²) in [6.45, 7) is 10.6. The Labute approximate surface area is 190 Å². The lowest BCUT2D eigenvalue weighted by atomic mass is 9.96. The highest BCUT2D eigenvalue weighted by Gasteiger charge is 2.42. The molecule has 1 aromatic carbocycles. The van der Waals surface area contributed by atoms with Gasteiger partial charge < -0.3 is 20.5 Å². The molecular formula is C26H31N5O. The number of nitrogens with zero attached hydrogens (tertiary/aromatic N) is 3. The minimum Gasteiger partial charge on any atom is -0.383 e. The zero-order chi connectivity index (χ0) is 22.8. The fourth-order valence-electron chi connectivity index (χ4n) is 4.86. The lowest BCUT2D eigenvalue weighted by Crippen LogP contribution is -2.47. The summed E-state index contributed by atoms with van der Waals surface area (Å²) in [6.07, 6.45) is 2.85. The van der Waals surface area contributed by atoms with Gasteiger partial charge in [0.25, 0.3) is 0 Å². The molecule has 4 rings (SSSR count). The van der Waals surface area contributed by atoms with Crippen LogP contribution in [0.4, 0.5) is 5.82 Å². The van der Waals surface area contributed by atoms with Gasteiger partial charge in [-0.3, -0.25) is 4.79 Å². The number of likely N-dealkylation sites (tertiary alicyclic amines) is 1. The molecule has 166 valence electrons. The molecule has 1 aromatic heterocycles. The van der Waals surface area contributed by atoms with Gasteiger partial charge >= 0.3 is 0 Å². The molecule has 2 aliphatic rings. The third-order valence-electron chi connectivity index (χ3n) is 6.47. The van der Waals surface area contributed by atoms with E-state index in [1.54, 1.807) is 0 Å². The Balaban J connectivity index is 1.76. The molecule has 6 nitrogen and oxygen atoms in total. The number of H-pyrrole nitrogens is 1. The Bertz CT molecular complexity index is 1090. The number of nitrogens with one attached hydrogen (secondary N) is 1. The van der Waals surface area contributed by atoms with Gasteiger partial charge in [-0.1, -0.05) is 49.8 Å². The summed E-state index contributed by atoms with van der Waals surface area (Å²) in [5.41, 5.74) is 9.38. The van der Waals surface area contributed by atoms with Crippen molar-refractivity contribution in [1.82, 2.24) is 9.88 Å². The summed E-state index contributed by atoms with van der Waals surface area (Å²) in [6, 6.07) is 12.6. The molecule has 2 aromatic rings. The number of aromatic amines is 1. The molecule has 0 spiro atoms. The van der Waals surface area contributed by atoms with Crippen molar-refractivity contribution in [2.75, 3.05) is 11.4 Å². The van der Waals surface area contributed by atoms with Crippen LogP contribution < -0.4 is 10.6 Å². The minimum absolute atomic E-state index is 0.0342. The first-order chi connectivity index (χ1) is 15.4. The predicted octanol–water partition coefficient (Wildman–Crippen LogP) is 3.81. The molecule has 3 N–H and O–H groups in total. The zero-order valence-electron chi connectivity index (χ0n) is 19.0. The van der Waals surface area contributed by atoms with E-state index in [0.29, 0.717) is 12.4 Å². The Morgan fingerprint density at radius 2 is 2.16 bits per heavy atom. The number of hydrogen-bond acceptors (Lipinski definition) is 4. The fraction of sp³-hybridized carbons (Fsp3) is 0.385. The van der Waals surface area contributed by atoms with Gasteiger partial charge in [-0.05, 0) is 43.9 Å². The molecule has 3 heterocycles. The Morgan fingerprint density at radius 1 is 1.41 bits per heavy atom. The van der Waals surface area contributed by atoms with Crippen LogP contribution in [-0.2, 0) is 4.79 Å². The number of amides is 1. The van der Waals surface area contributed by atoms with Gasteiger partial charge in [-0.15, -0.1) is 0 Å². The molecule has 0 saturated carbocycles. The maximum Gasteiger partial charge on any atom is 0.246 e. The average molecular weight is 430 g/mol. The fourth-order valence-corrected chi connectivity index (χ4v) is 4.86. The summed E-state index contributed by atoms with van der Waals surface area (Å²) in [5, 5.41) is 0. The number of rotatable bonds is 4. The van der Waals surface area contributed by atoms with Crippen molar-refractivity contribution in [3.8, 4) is 11.8 Å². The summed E-state index contributed by atoms with van der Waals surface area (Å²) < 4.78 is 0. The van der Waals surface area contributed by atoms with E-state index in [9.17, 15) is 4.79 Å². The second-order valence-electron chi connectivity index (χ2n) is 8.56. The van der Waals surface area contributed by atoms with Gasteiger partial charge in [0.1, 0.15) is 17.8 Å². The van der Waals surface area contributed by atoms with Gasteiger partial charge in [-0.25, -0.2) is 4.99 Å². The van der Waals surface area contributed by atoms with Crippen LogP contribution in [0.25, 0.3) is 0 Å². The third-order valence-corrected chi connectivity index (χ3v) is 6.47. The van der Waals surface area contributed by atoms with E-state index in [4.69, 9.17) is 10.7 Å². The molecule has 0 bridgehead atoms. The number of aliphatic imine (C=N–C) groups is 1. The van der Waals surface area contributed by atoms with E-state index in [1.165, 1.54) is 11.6 Å². The highest BCUT2D eigenvalue weighted by molar-refractivity contribution is 6.04. The number of hydrogen-bond donors (Lipinski definition) is 2. The second-order valence-corrected chi connectivity index (χ2v) is 8.56. The van der Waals surface area contributed by atoms with Crippen LogP contribution in [0.15, 0.2) is 54.0 Å². The molecule has 6 heteroatoms. The standard InChI is InChI=1S/C26H31N5O/c1-5-7-13-21-15-22-24(27)29-25(20-14-17(3)30(16-20)23(32)6-2)31(26(22)28-21)18(4)19-11-9-8-10-12-19/h6,8-12,15,17-18,20,25,28H,2,5,14,16H2,1,3-4H3,(H2,27,29)/t17-,18+,20+,25?/m0/s1. The Morgan fingerprint density at radius 3 is 2.84 bits per heavy atom. The molecule has 2 aliphatic heterocycles. The van der Waals surface area contributed by atoms with Gasteiger partial charge in [0.2, 0.25) is 5.91 Å². The summed E-state index contributed by atoms with van der Waals surface area (Å²) in [7, 11) is 0. The van der Waals surface area contributed by atoms with E-state index in [-0.39, 0.29) is 30.1 Å². The maximum absolute atomic E-state index is 12.4. The number of benzene rings is 1. The number of carbonyl (C=O) groups excluding carboxylic acids is 1. The topological polar surface area (TPSA) is 77.7 Å². The maximum atomic E-state index is 12.4. The van der Waals surface area contributed by atoms with E-state index in [1.807, 2.05) is 24.0 Å². The van der Waals surface area contributed by atoms with Crippen LogP contribution >= 0.6 is 0 Å². The molecule has 0 radical (unpaired) electrons. The number of aromatic nitrogens is 1. The molecular weight excluding hydrogens is 398 g/mol. The number of fused-ring (bicyclic) bond motifs is 1. The molecule has 0 aliphatic carbocycles. The monoisotopic (exact) mass is 429 g/mol. The van der Waals surface area contributed by atoms with Crippen LogP contribution in [0.1, 0.15) is 56.5 Å². The molecule has 1 amide bonds. The van der Waals surface area contributed by atoms with Gasteiger partial charge in [0.05, 0.1) is 17.3 Å². The van der Waals surface area contributed by atoms with Crippen molar-refractivity contribution in [3.05, 3.63) is 65.9 Å². The van der Waals surface area contributed by atoms with E-state index in [2.05, 4.69) is 66.4 Å². The SMILES string of the molecule is C=CC(=O)N1C[C@H](C2N=C(N)c3cc(C#CCC)[nH]c3N2[C@H](C)c2ccccc2)C[C@@H]1C. The number of carbonyl (C=O) groups is 1. The molecule has 1 fully saturated rings. The first kappa shape index (κ1) is 21.8. The van der Waals surface area contributed by atoms with Crippen LogP contribution in [-0.4, -0.2) is 40.4 Å². The predicted molar refractivity (Wildman–Crippen MR) is 129 cm³/mol. The van der Waals surface area contributed by atoms with Crippen LogP contribution in [0.5, 0.6) is 0 Å². The van der Waals surface area contributed by atoms with Gasteiger partial charge in [-0.2, -0.15) is 0 Å². The van der Waals surface area contributed by atoms with Crippen molar-refractivity contribution in [2.24, 2.45) is 16.6 Å². The van der Waals surface area contributed by atoms with Crippen LogP contribution in [0.3, 0.4) is 0 Å². The summed E-state index contributed by atoms with van der Waals surface area (Å²) in [4.78, 5) is 25.0. The second kappa shape index (κ2) is 8.96. The molecule has 4 atom stereocenters. The quantitative estimate of drug-likeness (QED) is 0.573. The molecule has 1 unspecified atom stereocenters. The van der Waals surface area contributed by atoms with Crippen molar-refractivity contribution in [3.63, 3.8) is 0 Å². The summed E-state index contributed by atoms with van der Waals surface area (Å²) in [5.74, 6) is 7.89. The number of nitrogens with two attached hydrogens (primary N) is 1. The molecule has 1 saturated heterocycles. The minimum atomic E-state index is -0.187. The first-order valence-electron chi connectivity index (χ1n) is 11.3. The lowest BCUT2D eigenvalue weighted by Gasteiger charge is -2.41. The average Bonchev–Trinajstić information content (AvgIpc) is 3.41. The summed E-state index contributed by atoms with van der Waals surface area (Å²) >= 11 is 0. The number of anilines is 1. The van der Waals surface area contributed by atoms with Crippen molar-refractivity contribution in [2.45, 2.75) is 51.9 Å². The normalized spacial score (nSPS) is 23.1. The first-order valence-corrected chi connectivity index (χ1v) is 11.3. The molecule has 32 heavy (non-hydrogen) atoms. The van der Waals surface area contributed by atoms with Crippen molar-refractivity contribution < 1.29 is 4.79 Å². The van der Waals surface area contributed by atoms with E-state index in [0.717, 1.165) is 29.9 Å². The smallest absolute Gasteiger partial charge is 0.246 e. The van der Waals surface area contributed by atoms with E-state index < -0.39 is 0 Å². The number of amidine groups is 1. The van der Waals surface area contributed by atoms with Crippen LogP contribution in [0.2, 0.25) is 0 Å². The Hall–Kier alpha value is -3.46. The third kappa shape index (κ3) is 3.91. The van der Waals surface area contributed by atoms with Crippen molar-refractivity contribution in [1.29, 1.82) is 0 Å². The Kier molecular flexibility index (Phi) is 6.09. The van der Waals surface area contributed by atoms with Gasteiger partial charge in [0, 0.05) is 24.9 Å². The lowest BCUT2D eigenvalue weighted by molar-refractivity contribution is -0.126. The van der Waals surface area contributed by atoms with Crippen molar-refractivity contribution >= 4 is 17.6 Å². The largest absolute Gasteiger partial charge is 0.383 e. The van der Waals surface area contributed by atoms with Crippen LogP contribution in [0, 0.1) is 17.8 Å². The zero-order valence-corrected chi connectivity index (χ0v) is 19.0. The highest BCUT2D eigenvalue weighted by atomic mass is 16.2. The van der Waals surface area contributed by atoms with Gasteiger partial charge in [0.15, 0.2) is 0 Å². The van der Waals surface area contributed by atoms with E-state index >= 15 is 0 Å². The highest BCUT2D eigenvalue weighted by Crippen LogP contribution is 2.40.